The fourth-order valence-electron chi connectivity index (χ4n) is 3.65. The second-order valence-corrected chi connectivity index (χ2v) is 8.94. The molecule has 1 heterocycles. The van der Waals surface area contributed by atoms with Crippen LogP contribution < -0.4 is 26.4 Å². The lowest BCUT2D eigenvalue weighted by atomic mass is 10.1. The van der Waals surface area contributed by atoms with Crippen molar-refractivity contribution in [1.82, 2.24) is 15.3 Å². The topological polar surface area (TPSA) is 98.7 Å². The summed E-state index contributed by atoms with van der Waals surface area (Å²) in [5.74, 6) is 7.91. The zero-order chi connectivity index (χ0) is 23.8. The van der Waals surface area contributed by atoms with Crippen molar-refractivity contribution in [2.45, 2.75) is 39.2 Å². The third-order valence-corrected chi connectivity index (χ3v) is 6.54. The molecule has 0 saturated heterocycles. The number of hydrogen-bond acceptors (Lipinski definition) is 8. The van der Waals surface area contributed by atoms with Gasteiger partial charge in [0.2, 0.25) is 0 Å². The summed E-state index contributed by atoms with van der Waals surface area (Å²) < 4.78 is 12.1. The lowest BCUT2D eigenvalue weighted by molar-refractivity contribution is 0.321. The monoisotopic (exact) mass is 469 g/mol. The van der Waals surface area contributed by atoms with E-state index in [4.69, 9.17) is 26.0 Å². The summed E-state index contributed by atoms with van der Waals surface area (Å²) in [4.78, 5) is 4.92. The second kappa shape index (κ2) is 11.9. The molecular weight excluding hydrogens is 434 g/mol. The Balaban J connectivity index is 1.99. The molecule has 0 aliphatic rings. The number of aromatic nitrogens is 1. The smallest absolute Gasteiger partial charge is 0.161 e. The van der Waals surface area contributed by atoms with E-state index in [-0.39, 0.29) is 6.04 Å². The average Bonchev–Trinajstić information content (AvgIpc) is 3.24. The summed E-state index contributed by atoms with van der Waals surface area (Å²) in [6, 6.07) is 11.9. The Bertz CT molecular complexity index is 1080. The van der Waals surface area contributed by atoms with E-state index in [2.05, 4.69) is 37.4 Å². The van der Waals surface area contributed by atoms with E-state index in [1.54, 1.807) is 36.8 Å². The summed E-state index contributed by atoms with van der Waals surface area (Å²) in [6.45, 7) is 6.08. The first-order valence-electron chi connectivity index (χ1n) is 11.3. The first-order chi connectivity index (χ1) is 16.0. The van der Waals surface area contributed by atoms with Crippen LogP contribution in [0.5, 0.6) is 11.5 Å². The molecule has 2 aromatic carbocycles. The van der Waals surface area contributed by atoms with Crippen molar-refractivity contribution in [3.05, 3.63) is 64.4 Å². The first-order valence-corrected chi connectivity index (χ1v) is 12.1. The molecule has 0 radical (unpaired) electrons. The molecule has 3 rings (SSSR count). The molecule has 0 saturated carbocycles. The molecule has 0 fully saturated rings. The van der Waals surface area contributed by atoms with Crippen LogP contribution in [0.15, 0.2) is 48.3 Å². The maximum Gasteiger partial charge on any atom is 0.161 e. The molecule has 5 N–H and O–H groups in total. The predicted molar refractivity (Wildman–Crippen MR) is 136 cm³/mol. The Labute approximate surface area is 200 Å². The van der Waals surface area contributed by atoms with E-state index < -0.39 is 0 Å². The van der Waals surface area contributed by atoms with E-state index in [1.165, 1.54) is 5.56 Å². The van der Waals surface area contributed by atoms with Gasteiger partial charge in [0.1, 0.15) is 11.0 Å². The number of nitrogens with one attached hydrogen (secondary N) is 1. The van der Waals surface area contributed by atoms with E-state index >= 15 is 0 Å². The van der Waals surface area contributed by atoms with Gasteiger partial charge in [-0.25, -0.2) is 10.8 Å². The van der Waals surface area contributed by atoms with Crippen LogP contribution in [0.25, 0.3) is 10.2 Å². The van der Waals surface area contributed by atoms with Crippen LogP contribution in [-0.2, 0) is 6.42 Å². The minimum Gasteiger partial charge on any atom is -0.493 e. The molecule has 178 valence electrons. The largest absolute Gasteiger partial charge is 0.493 e. The van der Waals surface area contributed by atoms with Gasteiger partial charge >= 0.3 is 0 Å². The third kappa shape index (κ3) is 6.16. The van der Waals surface area contributed by atoms with Gasteiger partial charge < -0.3 is 25.5 Å². The fraction of sp³-hybridized carbons (Fsp3) is 0.400. The van der Waals surface area contributed by atoms with Gasteiger partial charge in [-0.1, -0.05) is 26.0 Å². The molecule has 1 aromatic heterocycles. The van der Waals surface area contributed by atoms with Gasteiger partial charge in [-0.3, -0.25) is 0 Å². The van der Waals surface area contributed by atoms with E-state index in [0.29, 0.717) is 23.6 Å². The molecule has 33 heavy (non-hydrogen) atoms. The van der Waals surface area contributed by atoms with Gasteiger partial charge in [0, 0.05) is 24.9 Å². The SMILES string of the molecule is CCCNCC/C(N)=C/N(N)C(c1ccc(OC)c(OC)c1)c1nc2ccc(CC)cc2s1. The molecule has 8 heteroatoms. The van der Waals surface area contributed by atoms with Gasteiger partial charge in [0.25, 0.3) is 0 Å². The number of ether oxygens (including phenoxy) is 2. The summed E-state index contributed by atoms with van der Waals surface area (Å²) in [6.07, 6.45) is 4.59. The molecule has 1 atom stereocenters. The van der Waals surface area contributed by atoms with Crippen LogP contribution in [0.1, 0.15) is 48.9 Å². The summed E-state index contributed by atoms with van der Waals surface area (Å²) >= 11 is 1.65. The van der Waals surface area contributed by atoms with Crippen LogP contribution >= 0.6 is 11.3 Å². The lowest BCUT2D eigenvalue weighted by Crippen LogP contribution is -2.32. The minimum absolute atomic E-state index is 0.325. The first kappa shape index (κ1) is 24.8. The highest BCUT2D eigenvalue weighted by atomic mass is 32.1. The van der Waals surface area contributed by atoms with Gasteiger partial charge in [-0.15, -0.1) is 11.3 Å². The van der Waals surface area contributed by atoms with Crippen LogP contribution in [0, 0.1) is 0 Å². The Morgan fingerprint density at radius 2 is 1.91 bits per heavy atom. The molecule has 3 aromatic rings. The lowest BCUT2D eigenvalue weighted by Gasteiger charge is -2.26. The van der Waals surface area contributed by atoms with Crippen LogP contribution in [0.3, 0.4) is 0 Å². The predicted octanol–water partition coefficient (Wildman–Crippen LogP) is 4.33. The number of methoxy groups -OCH3 is 2. The van der Waals surface area contributed by atoms with E-state index in [9.17, 15) is 0 Å². The van der Waals surface area contributed by atoms with Gasteiger partial charge in [-0.05, 0) is 54.8 Å². The van der Waals surface area contributed by atoms with Crippen molar-refractivity contribution in [3.63, 3.8) is 0 Å². The normalized spacial score (nSPS) is 12.7. The highest BCUT2D eigenvalue weighted by molar-refractivity contribution is 7.18. The van der Waals surface area contributed by atoms with Gasteiger partial charge in [0.05, 0.1) is 24.4 Å². The summed E-state index contributed by atoms with van der Waals surface area (Å²) in [5, 5.41) is 5.90. The Kier molecular flexibility index (Phi) is 8.94. The summed E-state index contributed by atoms with van der Waals surface area (Å²) in [7, 11) is 3.25. The fourth-order valence-corrected chi connectivity index (χ4v) is 4.82. The Morgan fingerprint density at radius 1 is 1.12 bits per heavy atom. The number of thiazole rings is 1. The minimum atomic E-state index is -0.325. The number of aryl methyl sites for hydroxylation is 1. The van der Waals surface area contributed by atoms with Crippen molar-refractivity contribution in [2.75, 3.05) is 27.3 Å². The molecule has 0 aliphatic heterocycles. The van der Waals surface area contributed by atoms with Crippen LogP contribution in [0.2, 0.25) is 0 Å². The van der Waals surface area contributed by atoms with Crippen molar-refractivity contribution in [3.8, 4) is 11.5 Å². The van der Waals surface area contributed by atoms with Gasteiger partial charge in [-0.2, -0.15) is 0 Å². The highest BCUT2D eigenvalue weighted by Crippen LogP contribution is 2.37. The molecule has 0 spiro atoms. The van der Waals surface area contributed by atoms with Gasteiger partial charge in [0.15, 0.2) is 11.5 Å². The van der Waals surface area contributed by atoms with Crippen molar-refractivity contribution in [2.24, 2.45) is 11.6 Å². The summed E-state index contributed by atoms with van der Waals surface area (Å²) in [5.41, 5.74) is 10.2. The Hall–Kier alpha value is -2.81. The Morgan fingerprint density at radius 3 is 2.61 bits per heavy atom. The molecule has 0 aliphatic carbocycles. The number of benzene rings is 2. The van der Waals surface area contributed by atoms with Crippen LogP contribution in [-0.4, -0.2) is 37.3 Å². The molecule has 1 unspecified atom stereocenters. The zero-order valence-corrected chi connectivity index (χ0v) is 20.7. The maximum atomic E-state index is 6.60. The van der Waals surface area contributed by atoms with Crippen molar-refractivity contribution in [1.29, 1.82) is 0 Å². The van der Waals surface area contributed by atoms with Crippen molar-refractivity contribution >= 4 is 21.6 Å². The highest BCUT2D eigenvalue weighted by Gasteiger charge is 2.24. The number of nitrogens with zero attached hydrogens (tertiary/aromatic N) is 2. The molecule has 0 amide bonds. The number of hydrogen-bond donors (Lipinski definition) is 3. The van der Waals surface area contributed by atoms with Crippen molar-refractivity contribution < 1.29 is 9.47 Å². The number of rotatable bonds is 12. The quantitative estimate of drug-likeness (QED) is 0.206. The number of hydrazine groups is 1. The van der Waals surface area contributed by atoms with Crippen LogP contribution in [0.4, 0.5) is 0 Å². The zero-order valence-electron chi connectivity index (χ0n) is 19.9. The standard InChI is InChI=1S/C25H35N5O2S/c1-5-12-28-13-11-19(26)16-30(27)24(18-8-10-21(31-3)22(15-18)32-4)25-29-20-9-7-17(6-2)14-23(20)33-25/h7-10,14-16,24,28H,5-6,11-13,26-27H2,1-4H3/b19-16-. The molecule has 7 nitrogen and oxygen atoms in total. The average molecular weight is 470 g/mol. The number of fused-ring (bicyclic) bond motifs is 1. The van der Waals surface area contributed by atoms with E-state index in [1.807, 2.05) is 18.2 Å². The second-order valence-electron chi connectivity index (χ2n) is 7.88. The molecule has 0 bridgehead atoms. The molecular formula is C25H35N5O2S. The third-order valence-electron chi connectivity index (χ3n) is 5.47. The number of nitrogens with two attached hydrogens (primary N) is 2. The van der Waals surface area contributed by atoms with E-state index in [0.717, 1.165) is 46.7 Å². The maximum absolute atomic E-state index is 6.60.